The molecule has 19 heavy (non-hydrogen) atoms. The van der Waals surface area contributed by atoms with Crippen molar-refractivity contribution < 1.29 is 9.90 Å². The molecule has 1 heterocycles. The number of aliphatic carboxylic acids is 1. The molecule has 5 heteroatoms. The molecule has 0 aliphatic carbocycles. The van der Waals surface area contributed by atoms with E-state index in [0.717, 1.165) is 5.39 Å². The first-order valence-corrected chi connectivity index (χ1v) is 6.19. The number of hydrogen-bond acceptors (Lipinski definition) is 3. The van der Waals surface area contributed by atoms with Crippen molar-refractivity contribution in [3.63, 3.8) is 0 Å². The summed E-state index contributed by atoms with van der Waals surface area (Å²) in [5.41, 5.74) is 6.32. The first-order valence-electron chi connectivity index (χ1n) is 6.19. The van der Waals surface area contributed by atoms with Crippen molar-refractivity contribution in [1.29, 1.82) is 0 Å². The van der Waals surface area contributed by atoms with Crippen LogP contribution in [0.5, 0.6) is 0 Å². The molecule has 0 fully saturated rings. The van der Waals surface area contributed by atoms with Gasteiger partial charge in [0, 0.05) is 35.6 Å². The van der Waals surface area contributed by atoms with Crippen LogP contribution in [0.4, 0.5) is 5.69 Å². The lowest BCUT2D eigenvalue weighted by atomic mass is 10.1. The third-order valence-corrected chi connectivity index (χ3v) is 3.09. The Morgan fingerprint density at radius 3 is 2.74 bits per heavy atom. The Balaban J connectivity index is 2.19. The Kier molecular flexibility index (Phi) is 3.85. The van der Waals surface area contributed by atoms with Crippen LogP contribution in [0.25, 0.3) is 10.8 Å². The van der Waals surface area contributed by atoms with Gasteiger partial charge < -0.3 is 15.4 Å². The Morgan fingerprint density at radius 2 is 2.00 bits per heavy atom. The van der Waals surface area contributed by atoms with Gasteiger partial charge in [0.2, 0.25) is 0 Å². The Morgan fingerprint density at radius 1 is 1.21 bits per heavy atom. The summed E-state index contributed by atoms with van der Waals surface area (Å²) >= 11 is 0. The van der Waals surface area contributed by atoms with Gasteiger partial charge in [0.05, 0.1) is 0 Å². The molecule has 100 valence electrons. The van der Waals surface area contributed by atoms with Crippen molar-refractivity contribution in [2.24, 2.45) is 0 Å². The van der Waals surface area contributed by atoms with E-state index in [4.69, 9.17) is 10.8 Å². The summed E-state index contributed by atoms with van der Waals surface area (Å²) in [4.78, 5) is 22.6. The van der Waals surface area contributed by atoms with E-state index in [1.54, 1.807) is 29.0 Å². The number of carboxylic acid groups (broad SMARTS) is 1. The van der Waals surface area contributed by atoms with Gasteiger partial charge in [-0.15, -0.1) is 0 Å². The van der Waals surface area contributed by atoms with Gasteiger partial charge in [0.15, 0.2) is 0 Å². The molecule has 0 aliphatic heterocycles. The number of aromatic nitrogens is 1. The second-order valence-electron chi connectivity index (χ2n) is 4.47. The fourth-order valence-corrected chi connectivity index (χ4v) is 2.08. The summed E-state index contributed by atoms with van der Waals surface area (Å²) in [6.45, 7) is 0.525. The van der Waals surface area contributed by atoms with Crippen LogP contribution in [0, 0.1) is 0 Å². The third kappa shape index (κ3) is 2.93. The van der Waals surface area contributed by atoms with Crippen LogP contribution in [0.15, 0.2) is 35.3 Å². The fraction of sp³-hybridized carbons (Fsp3) is 0.286. The lowest BCUT2D eigenvalue weighted by Gasteiger charge is -2.07. The first-order chi connectivity index (χ1) is 9.09. The molecule has 2 aromatic rings. The molecule has 2 rings (SSSR count). The standard InChI is InChI=1S/C14H16N2O3/c15-12-5-3-4-11-10(12)7-9-16(14(11)19)8-2-1-6-13(17)18/h3-5,7,9H,1-2,6,8,15H2,(H,17,18). The van der Waals surface area contributed by atoms with Gasteiger partial charge in [-0.1, -0.05) is 6.07 Å². The van der Waals surface area contributed by atoms with Crippen LogP contribution in [0.3, 0.4) is 0 Å². The topological polar surface area (TPSA) is 85.3 Å². The SMILES string of the molecule is Nc1cccc2c(=O)n(CCCCC(=O)O)ccc12. The highest BCUT2D eigenvalue weighted by molar-refractivity contribution is 5.91. The maximum Gasteiger partial charge on any atom is 0.303 e. The van der Waals surface area contributed by atoms with Gasteiger partial charge in [-0.3, -0.25) is 9.59 Å². The minimum absolute atomic E-state index is 0.0832. The number of anilines is 1. The number of nitrogens with two attached hydrogens (primary N) is 1. The van der Waals surface area contributed by atoms with Gasteiger partial charge in [-0.2, -0.15) is 0 Å². The van der Waals surface area contributed by atoms with E-state index in [0.29, 0.717) is 30.5 Å². The molecule has 0 unspecified atom stereocenters. The molecular weight excluding hydrogens is 244 g/mol. The second-order valence-corrected chi connectivity index (χ2v) is 4.47. The number of nitrogen functional groups attached to an aromatic ring is 1. The summed E-state index contributed by atoms with van der Waals surface area (Å²) in [5.74, 6) is -0.807. The number of benzene rings is 1. The number of pyridine rings is 1. The van der Waals surface area contributed by atoms with Gasteiger partial charge in [-0.25, -0.2) is 0 Å². The summed E-state index contributed by atoms with van der Waals surface area (Å²) in [6, 6.07) is 7.10. The maximum absolute atomic E-state index is 12.2. The lowest BCUT2D eigenvalue weighted by Crippen LogP contribution is -2.19. The van der Waals surface area contributed by atoms with E-state index in [1.165, 1.54) is 0 Å². The van der Waals surface area contributed by atoms with Crippen molar-refractivity contribution in [2.75, 3.05) is 5.73 Å². The van der Waals surface area contributed by atoms with Crippen LogP contribution in [-0.4, -0.2) is 15.6 Å². The quantitative estimate of drug-likeness (QED) is 0.634. The number of nitrogens with zero attached hydrogens (tertiary/aromatic N) is 1. The van der Waals surface area contributed by atoms with E-state index in [1.807, 2.05) is 6.07 Å². The molecule has 0 radical (unpaired) electrons. The molecule has 0 amide bonds. The zero-order valence-electron chi connectivity index (χ0n) is 10.5. The highest BCUT2D eigenvalue weighted by Gasteiger charge is 2.05. The number of rotatable bonds is 5. The second kappa shape index (κ2) is 5.56. The number of carbonyl (C=O) groups is 1. The molecule has 3 N–H and O–H groups in total. The number of unbranched alkanes of at least 4 members (excludes halogenated alkanes) is 1. The van der Waals surface area contributed by atoms with E-state index in [-0.39, 0.29) is 12.0 Å². The van der Waals surface area contributed by atoms with Crippen LogP contribution in [-0.2, 0) is 11.3 Å². The molecule has 0 spiro atoms. The summed E-state index contributed by atoms with van der Waals surface area (Å²) in [5, 5.41) is 9.91. The summed E-state index contributed by atoms with van der Waals surface area (Å²) < 4.78 is 1.60. The van der Waals surface area contributed by atoms with E-state index in [2.05, 4.69) is 0 Å². The number of hydrogen-bond donors (Lipinski definition) is 2. The Bertz CT molecular complexity index is 661. The smallest absolute Gasteiger partial charge is 0.303 e. The zero-order chi connectivity index (χ0) is 13.8. The predicted molar refractivity (Wildman–Crippen MR) is 74.1 cm³/mol. The van der Waals surface area contributed by atoms with E-state index >= 15 is 0 Å². The fourth-order valence-electron chi connectivity index (χ4n) is 2.08. The predicted octanol–water partition coefficient (Wildman–Crippen LogP) is 1.84. The van der Waals surface area contributed by atoms with Crippen LogP contribution < -0.4 is 11.3 Å². The van der Waals surface area contributed by atoms with Crippen LogP contribution in [0.2, 0.25) is 0 Å². The minimum atomic E-state index is -0.807. The monoisotopic (exact) mass is 260 g/mol. The molecule has 0 saturated carbocycles. The number of aryl methyl sites for hydroxylation is 1. The molecular formula is C14H16N2O3. The molecule has 0 saturated heterocycles. The van der Waals surface area contributed by atoms with Gasteiger partial charge in [-0.05, 0) is 31.0 Å². The third-order valence-electron chi connectivity index (χ3n) is 3.09. The normalized spacial score (nSPS) is 10.7. The molecule has 0 aliphatic rings. The lowest BCUT2D eigenvalue weighted by molar-refractivity contribution is -0.137. The first kappa shape index (κ1) is 13.1. The summed E-state index contributed by atoms with van der Waals surface area (Å²) in [7, 11) is 0. The highest BCUT2D eigenvalue weighted by atomic mass is 16.4. The Labute approximate surface area is 110 Å². The maximum atomic E-state index is 12.2. The average molecular weight is 260 g/mol. The number of carboxylic acids is 1. The average Bonchev–Trinajstić information content (AvgIpc) is 2.37. The van der Waals surface area contributed by atoms with Crippen LogP contribution >= 0.6 is 0 Å². The highest BCUT2D eigenvalue weighted by Crippen LogP contribution is 2.17. The van der Waals surface area contributed by atoms with Gasteiger partial charge in [0.1, 0.15) is 0 Å². The van der Waals surface area contributed by atoms with Gasteiger partial charge >= 0.3 is 5.97 Å². The largest absolute Gasteiger partial charge is 0.481 e. The van der Waals surface area contributed by atoms with Crippen molar-refractivity contribution in [2.45, 2.75) is 25.8 Å². The summed E-state index contributed by atoms with van der Waals surface area (Å²) in [6.07, 6.45) is 3.08. The molecule has 0 atom stereocenters. The molecule has 1 aromatic carbocycles. The zero-order valence-corrected chi connectivity index (χ0v) is 10.5. The van der Waals surface area contributed by atoms with Crippen molar-refractivity contribution >= 4 is 22.4 Å². The van der Waals surface area contributed by atoms with Gasteiger partial charge in [0.25, 0.3) is 5.56 Å². The molecule has 1 aromatic heterocycles. The van der Waals surface area contributed by atoms with Crippen molar-refractivity contribution in [1.82, 2.24) is 4.57 Å². The van der Waals surface area contributed by atoms with Crippen LogP contribution in [0.1, 0.15) is 19.3 Å². The van der Waals surface area contributed by atoms with E-state index < -0.39 is 5.97 Å². The number of fused-ring (bicyclic) bond motifs is 1. The van der Waals surface area contributed by atoms with E-state index in [9.17, 15) is 9.59 Å². The molecule has 5 nitrogen and oxygen atoms in total. The Hall–Kier alpha value is -2.30. The van der Waals surface area contributed by atoms with Crippen molar-refractivity contribution in [3.8, 4) is 0 Å². The van der Waals surface area contributed by atoms with Crippen molar-refractivity contribution in [3.05, 3.63) is 40.8 Å². The molecule has 0 bridgehead atoms. The minimum Gasteiger partial charge on any atom is -0.481 e.